The van der Waals surface area contributed by atoms with E-state index < -0.39 is 5.97 Å². The fourth-order valence-corrected chi connectivity index (χ4v) is 5.31. The third-order valence-corrected chi connectivity index (χ3v) is 7.29. The number of carboxylic acids is 1. The molecule has 37 heavy (non-hydrogen) atoms. The third kappa shape index (κ3) is 4.93. The van der Waals surface area contributed by atoms with Crippen molar-refractivity contribution in [2.75, 3.05) is 20.7 Å². The van der Waals surface area contributed by atoms with E-state index in [2.05, 4.69) is 29.1 Å². The zero-order valence-electron chi connectivity index (χ0n) is 21.4. The predicted octanol–water partition coefficient (Wildman–Crippen LogP) is 5.23. The number of aromatic carboxylic acids is 1. The molecule has 1 N–H and O–H groups in total. The van der Waals surface area contributed by atoms with Crippen LogP contribution in [0.4, 0.5) is 4.39 Å². The summed E-state index contributed by atoms with van der Waals surface area (Å²) in [5, 5.41) is 13.6. The van der Waals surface area contributed by atoms with Gasteiger partial charge in [0, 0.05) is 18.7 Å². The van der Waals surface area contributed by atoms with Gasteiger partial charge in [-0.1, -0.05) is 23.8 Å². The van der Waals surface area contributed by atoms with Crippen LogP contribution in [0.15, 0.2) is 53.8 Å². The van der Waals surface area contributed by atoms with Gasteiger partial charge < -0.3 is 14.7 Å². The second-order valence-electron chi connectivity index (χ2n) is 9.78. The van der Waals surface area contributed by atoms with Crippen LogP contribution >= 0.6 is 0 Å². The molecular weight excluding hydrogens is 471 g/mol. The number of hydrogen-bond donors (Lipinski definition) is 1. The number of allylic oxidation sites excluding steroid dienone is 4. The molecule has 5 rings (SSSR count). The SMILES string of the molecule is COc1c(C(=O)O)cnn1-c1cccc(C2=CCCC(C)=C2CCc2cc(F)c3c(c2)CCN(C)C3)n1. The van der Waals surface area contributed by atoms with Gasteiger partial charge in [-0.3, -0.25) is 0 Å². The molecule has 0 saturated carbocycles. The molecule has 7 nitrogen and oxygen atoms in total. The standard InChI is InChI=1S/C29H31FN4O3/c1-18-6-4-7-22(21(18)11-10-19-14-20-12-13-33(2)17-24(20)25(30)15-19)26-8-5-9-27(32-26)34-28(37-3)23(16-31-34)29(35)36/h5,7-9,14-16H,4,6,10-13,17H2,1-3H3,(H,35,36). The summed E-state index contributed by atoms with van der Waals surface area (Å²) >= 11 is 0. The number of halogens is 1. The highest BCUT2D eigenvalue weighted by Gasteiger charge is 2.22. The lowest BCUT2D eigenvalue weighted by Crippen LogP contribution is -2.27. The summed E-state index contributed by atoms with van der Waals surface area (Å²) in [6, 6.07) is 9.49. The Labute approximate surface area is 215 Å². The van der Waals surface area contributed by atoms with Gasteiger partial charge in [0.05, 0.1) is 19.0 Å². The molecule has 0 radical (unpaired) electrons. The molecule has 0 bridgehead atoms. The minimum Gasteiger partial charge on any atom is -0.480 e. The van der Waals surface area contributed by atoms with Gasteiger partial charge in [0.2, 0.25) is 5.88 Å². The third-order valence-electron chi connectivity index (χ3n) is 7.29. The number of carboxylic acid groups (broad SMARTS) is 1. The van der Waals surface area contributed by atoms with Gasteiger partial charge in [-0.15, -0.1) is 0 Å². The van der Waals surface area contributed by atoms with Gasteiger partial charge in [0.25, 0.3) is 0 Å². The molecule has 1 aliphatic heterocycles. The summed E-state index contributed by atoms with van der Waals surface area (Å²) < 4.78 is 21.6. The van der Waals surface area contributed by atoms with E-state index >= 15 is 0 Å². The average molecular weight is 503 g/mol. The van der Waals surface area contributed by atoms with E-state index in [1.807, 2.05) is 19.2 Å². The lowest BCUT2D eigenvalue weighted by Gasteiger charge is -2.26. The second-order valence-corrected chi connectivity index (χ2v) is 9.78. The Hall–Kier alpha value is -3.78. The fraction of sp³-hybridized carbons (Fsp3) is 0.345. The maximum absolute atomic E-state index is 14.9. The van der Waals surface area contributed by atoms with Crippen molar-refractivity contribution in [2.24, 2.45) is 0 Å². The van der Waals surface area contributed by atoms with Crippen LogP contribution in [0.5, 0.6) is 5.88 Å². The first-order chi connectivity index (χ1) is 17.9. The van der Waals surface area contributed by atoms with Crippen molar-refractivity contribution in [3.05, 3.63) is 87.5 Å². The Bertz CT molecular complexity index is 1420. The zero-order valence-corrected chi connectivity index (χ0v) is 21.4. The van der Waals surface area contributed by atoms with Gasteiger partial charge in [-0.25, -0.2) is 14.2 Å². The van der Waals surface area contributed by atoms with Crippen LogP contribution in [0.25, 0.3) is 11.4 Å². The van der Waals surface area contributed by atoms with Crippen LogP contribution in [0.2, 0.25) is 0 Å². The summed E-state index contributed by atoms with van der Waals surface area (Å²) in [6.07, 6.45) is 7.79. The van der Waals surface area contributed by atoms with Crippen molar-refractivity contribution in [2.45, 2.75) is 45.6 Å². The highest BCUT2D eigenvalue weighted by molar-refractivity contribution is 5.90. The molecule has 2 aliphatic rings. The Morgan fingerprint density at radius 2 is 2.05 bits per heavy atom. The number of aromatic nitrogens is 3. The number of pyridine rings is 1. The molecule has 0 atom stereocenters. The Kier molecular flexibility index (Phi) is 6.93. The average Bonchev–Trinajstić information content (AvgIpc) is 3.33. The van der Waals surface area contributed by atoms with Crippen LogP contribution < -0.4 is 4.74 Å². The van der Waals surface area contributed by atoms with Gasteiger partial charge >= 0.3 is 5.97 Å². The molecule has 192 valence electrons. The number of methoxy groups -OCH3 is 1. The molecule has 3 heterocycles. The maximum Gasteiger partial charge on any atom is 0.342 e. The molecular formula is C29H31FN4O3. The lowest BCUT2D eigenvalue weighted by molar-refractivity contribution is 0.0693. The van der Waals surface area contributed by atoms with Crippen molar-refractivity contribution in [3.8, 4) is 11.7 Å². The number of benzene rings is 1. The quantitative estimate of drug-likeness (QED) is 0.477. The number of rotatable bonds is 7. The van der Waals surface area contributed by atoms with Crippen LogP contribution in [0.1, 0.15) is 58.9 Å². The number of fused-ring (bicyclic) bond motifs is 1. The van der Waals surface area contributed by atoms with E-state index in [1.165, 1.54) is 29.1 Å². The minimum atomic E-state index is -1.11. The first-order valence-electron chi connectivity index (χ1n) is 12.6. The monoisotopic (exact) mass is 502 g/mol. The van der Waals surface area contributed by atoms with Crippen molar-refractivity contribution < 1.29 is 19.0 Å². The van der Waals surface area contributed by atoms with Crippen molar-refractivity contribution in [3.63, 3.8) is 0 Å². The van der Waals surface area contributed by atoms with E-state index in [1.54, 1.807) is 12.1 Å². The second kappa shape index (κ2) is 10.3. The van der Waals surface area contributed by atoms with Gasteiger partial charge in [0.15, 0.2) is 5.82 Å². The summed E-state index contributed by atoms with van der Waals surface area (Å²) in [4.78, 5) is 18.5. The minimum absolute atomic E-state index is 0.0214. The van der Waals surface area contributed by atoms with E-state index in [0.29, 0.717) is 12.4 Å². The normalized spacial score (nSPS) is 15.9. The molecule has 1 aromatic carbocycles. The largest absolute Gasteiger partial charge is 0.480 e. The van der Waals surface area contributed by atoms with Crippen molar-refractivity contribution >= 4 is 11.5 Å². The number of aryl methyl sites for hydroxylation is 1. The molecule has 0 fully saturated rings. The molecule has 3 aromatic rings. The maximum atomic E-state index is 14.9. The lowest BCUT2D eigenvalue weighted by atomic mass is 9.85. The van der Waals surface area contributed by atoms with E-state index in [0.717, 1.165) is 66.6 Å². The zero-order chi connectivity index (χ0) is 26.1. The Balaban J connectivity index is 1.41. The van der Waals surface area contributed by atoms with Crippen molar-refractivity contribution in [1.29, 1.82) is 0 Å². The molecule has 8 heteroatoms. The smallest absolute Gasteiger partial charge is 0.342 e. The number of nitrogens with zero attached hydrogens (tertiary/aromatic N) is 4. The number of ether oxygens (including phenoxy) is 1. The van der Waals surface area contributed by atoms with Crippen LogP contribution in [0.3, 0.4) is 0 Å². The fourth-order valence-electron chi connectivity index (χ4n) is 5.31. The van der Waals surface area contributed by atoms with Gasteiger partial charge in [0.1, 0.15) is 11.4 Å². The highest BCUT2D eigenvalue weighted by Crippen LogP contribution is 2.35. The Morgan fingerprint density at radius 3 is 2.84 bits per heavy atom. The van der Waals surface area contributed by atoms with E-state index in [-0.39, 0.29) is 17.3 Å². The topological polar surface area (TPSA) is 80.5 Å². The number of carbonyl (C=O) groups is 1. The first kappa shape index (κ1) is 24.9. The van der Waals surface area contributed by atoms with Gasteiger partial charge in [-0.2, -0.15) is 9.78 Å². The molecule has 0 saturated heterocycles. The summed E-state index contributed by atoms with van der Waals surface area (Å²) in [5.41, 5.74) is 7.36. The molecule has 1 aliphatic carbocycles. The number of likely N-dealkylation sites (N-methyl/N-ethyl adjacent to an activating group) is 1. The van der Waals surface area contributed by atoms with Crippen LogP contribution in [-0.2, 0) is 19.4 Å². The summed E-state index contributed by atoms with van der Waals surface area (Å²) in [6.45, 7) is 3.77. The predicted molar refractivity (Wildman–Crippen MR) is 140 cm³/mol. The molecule has 2 aromatic heterocycles. The van der Waals surface area contributed by atoms with E-state index in [4.69, 9.17) is 9.72 Å². The van der Waals surface area contributed by atoms with Crippen LogP contribution in [0, 0.1) is 5.82 Å². The van der Waals surface area contributed by atoms with Gasteiger partial charge in [-0.05, 0) is 86.5 Å². The van der Waals surface area contributed by atoms with Crippen LogP contribution in [-0.4, -0.2) is 51.4 Å². The van der Waals surface area contributed by atoms with Crippen molar-refractivity contribution in [1.82, 2.24) is 19.7 Å². The first-order valence-corrected chi connectivity index (χ1v) is 12.6. The molecule has 0 unspecified atom stereocenters. The molecule has 0 spiro atoms. The Morgan fingerprint density at radius 1 is 1.22 bits per heavy atom. The summed E-state index contributed by atoms with van der Waals surface area (Å²) in [5.74, 6) is -0.609. The number of hydrogen-bond acceptors (Lipinski definition) is 5. The summed E-state index contributed by atoms with van der Waals surface area (Å²) in [7, 11) is 3.44. The van der Waals surface area contributed by atoms with E-state index in [9.17, 15) is 14.3 Å². The molecule has 0 amide bonds. The highest BCUT2D eigenvalue weighted by atomic mass is 19.1.